The van der Waals surface area contributed by atoms with Crippen molar-refractivity contribution < 1.29 is 71.3 Å². The molecule has 0 radical (unpaired) electrons. The Bertz CT molecular complexity index is 1880. The van der Waals surface area contributed by atoms with Crippen LogP contribution in [-0.4, -0.2) is 59.4 Å². The number of hydrogen-bond donors (Lipinski definition) is 1. The second-order valence-corrected chi connectivity index (χ2v) is 10.7. The number of esters is 1. The van der Waals surface area contributed by atoms with Crippen molar-refractivity contribution in [3.8, 4) is 39.8 Å². The summed E-state index contributed by atoms with van der Waals surface area (Å²) in [5.74, 6) is -2.56. The smallest absolute Gasteiger partial charge is 0.497 e. The number of carboxylic acids is 1. The number of rotatable bonds is 14. The molecule has 0 unspecified atom stereocenters. The number of benzene rings is 2. The predicted octanol–water partition coefficient (Wildman–Crippen LogP) is 8.52. The number of unbranched alkanes of at least 4 members (excludes halogenated alkanes) is 3. The number of hydrogen-bond acceptors (Lipinski definition) is 9. The van der Waals surface area contributed by atoms with Crippen LogP contribution in [0.25, 0.3) is 22.5 Å². The summed E-state index contributed by atoms with van der Waals surface area (Å²) in [4.78, 5) is 33.5. The Kier molecular flexibility index (Phi) is 19.6. The van der Waals surface area contributed by atoms with Crippen molar-refractivity contribution >= 4 is 11.9 Å². The molecule has 0 aliphatic carbocycles. The summed E-state index contributed by atoms with van der Waals surface area (Å²) in [5, 5.41) is 8.94. The Morgan fingerprint density at radius 1 is 0.704 bits per heavy atom. The van der Waals surface area contributed by atoms with Crippen molar-refractivity contribution in [2.24, 2.45) is 0 Å². The van der Waals surface area contributed by atoms with Gasteiger partial charge in [-0.15, -0.1) is 0 Å². The molecule has 0 spiro atoms. The third-order valence-corrected chi connectivity index (χ3v) is 7.03. The first-order valence-corrected chi connectivity index (χ1v) is 16.1. The molecule has 0 bridgehead atoms. The molecule has 3 heterocycles. The first-order valence-electron chi connectivity index (χ1n) is 16.1. The van der Waals surface area contributed by atoms with Gasteiger partial charge in [-0.3, -0.25) is 9.97 Å². The van der Waals surface area contributed by atoms with E-state index in [1.807, 2.05) is 0 Å². The molecule has 1 N–H and O–H groups in total. The van der Waals surface area contributed by atoms with E-state index in [1.54, 1.807) is 36.4 Å². The SMILES string of the molecule is C=CC(=O)OCCCCCCOc1cccnc1C(=O)O.COc1ccnc(-c2ccc(F)cc2F)c1.COc1ccnc(-c2ccc(F)cc2F)c1.[Ir+3]. The molecule has 0 saturated carbocycles. The summed E-state index contributed by atoms with van der Waals surface area (Å²) in [5.41, 5.74) is 1.25. The van der Waals surface area contributed by atoms with Crippen LogP contribution in [0, 0.1) is 23.3 Å². The Labute approximate surface area is 323 Å². The maximum Gasteiger partial charge on any atom is 3.00 e. The molecule has 5 aromatic rings. The van der Waals surface area contributed by atoms with Gasteiger partial charge in [-0.05, 0) is 74.2 Å². The van der Waals surface area contributed by atoms with Gasteiger partial charge in [0.15, 0.2) is 11.4 Å². The maximum absolute atomic E-state index is 13.5. The van der Waals surface area contributed by atoms with Gasteiger partial charge in [-0.25, -0.2) is 32.1 Å². The summed E-state index contributed by atoms with van der Waals surface area (Å²) in [6, 6.07) is 16.5. The number of carbonyl (C=O) groups is 2. The minimum atomic E-state index is -1.10. The predicted molar refractivity (Wildman–Crippen MR) is 189 cm³/mol. The van der Waals surface area contributed by atoms with Gasteiger partial charge in [0.05, 0.1) is 38.8 Å². The number of carboxylic acid groups (broad SMARTS) is 1. The Morgan fingerprint density at radius 2 is 1.22 bits per heavy atom. The minimum absolute atomic E-state index is 0. The summed E-state index contributed by atoms with van der Waals surface area (Å²) in [6.45, 7) is 4.13. The second-order valence-electron chi connectivity index (χ2n) is 10.7. The molecule has 0 amide bonds. The number of aromatic carboxylic acids is 1. The fourth-order valence-electron chi connectivity index (χ4n) is 4.40. The van der Waals surface area contributed by atoms with E-state index in [1.165, 1.54) is 57.1 Å². The van der Waals surface area contributed by atoms with Crippen LogP contribution in [0.15, 0.2) is 104 Å². The average molecular weight is 928 g/mol. The molecule has 0 aliphatic rings. The topological polar surface area (TPSA) is 130 Å². The van der Waals surface area contributed by atoms with Gasteiger partial charge in [0, 0.05) is 60.1 Å². The van der Waals surface area contributed by atoms with E-state index in [0.29, 0.717) is 36.1 Å². The van der Waals surface area contributed by atoms with Gasteiger partial charge in [0.2, 0.25) is 0 Å². The molecular weight excluding hydrogens is 891 g/mol. The molecule has 10 nitrogen and oxygen atoms in total. The number of aromatic nitrogens is 3. The number of ether oxygens (including phenoxy) is 4. The number of halogens is 4. The van der Waals surface area contributed by atoms with E-state index in [2.05, 4.69) is 21.5 Å². The van der Waals surface area contributed by atoms with Crippen molar-refractivity contribution in [2.45, 2.75) is 25.7 Å². The van der Waals surface area contributed by atoms with Crippen LogP contribution >= 0.6 is 0 Å². The summed E-state index contributed by atoms with van der Waals surface area (Å²) in [6.07, 6.45) is 8.98. The van der Waals surface area contributed by atoms with Gasteiger partial charge in [-0.1, -0.05) is 6.58 Å². The number of pyridine rings is 3. The molecule has 15 heteroatoms. The van der Waals surface area contributed by atoms with Crippen molar-refractivity contribution in [3.05, 3.63) is 133 Å². The Hall–Kier alpha value is -5.66. The van der Waals surface area contributed by atoms with Crippen LogP contribution in [0.5, 0.6) is 17.2 Å². The first-order chi connectivity index (χ1) is 25.6. The molecule has 0 atom stereocenters. The van der Waals surface area contributed by atoms with Gasteiger partial charge >= 0.3 is 32.0 Å². The van der Waals surface area contributed by atoms with E-state index < -0.39 is 35.2 Å². The monoisotopic (exact) mass is 928 g/mol. The molecule has 3 aromatic heterocycles. The Morgan fingerprint density at radius 3 is 1.69 bits per heavy atom. The summed E-state index contributed by atoms with van der Waals surface area (Å²) >= 11 is 0. The first kappa shape index (κ1) is 44.5. The largest absolute Gasteiger partial charge is 3.00 e. The maximum atomic E-state index is 13.5. The zero-order valence-electron chi connectivity index (χ0n) is 29.3. The summed E-state index contributed by atoms with van der Waals surface area (Å²) < 4.78 is 72.6. The Balaban J connectivity index is 0.000000281. The zero-order chi connectivity index (χ0) is 38.6. The van der Waals surface area contributed by atoms with Crippen molar-refractivity contribution in [1.29, 1.82) is 0 Å². The quantitative estimate of drug-likeness (QED) is 0.0501. The molecule has 54 heavy (non-hydrogen) atoms. The van der Waals surface area contributed by atoms with E-state index in [0.717, 1.165) is 43.9 Å². The molecule has 2 aromatic carbocycles. The molecule has 0 saturated heterocycles. The third-order valence-electron chi connectivity index (χ3n) is 7.03. The van der Waals surface area contributed by atoms with Crippen molar-refractivity contribution in [3.63, 3.8) is 0 Å². The molecule has 5 rings (SSSR count). The standard InChI is InChI=1S/C15H19NO5.2C12H9F2NO.Ir/c1-2-13(17)21-11-6-4-3-5-10-20-12-8-7-9-16-14(12)15(18)19;2*1-16-9-4-5-15-12(7-9)10-3-2-8(13)6-11(10)14;/h2,7-9H,1,3-6,10-11H2,(H,18,19);2*2-7H,1H3;/q;;;+3. The van der Waals surface area contributed by atoms with Crippen LogP contribution in [-0.2, 0) is 29.6 Å². The van der Waals surface area contributed by atoms with Crippen molar-refractivity contribution in [1.82, 2.24) is 15.0 Å². The third kappa shape index (κ3) is 14.8. The average Bonchev–Trinajstić information content (AvgIpc) is 3.16. The molecule has 284 valence electrons. The van der Waals surface area contributed by atoms with Gasteiger partial charge < -0.3 is 24.1 Å². The van der Waals surface area contributed by atoms with E-state index in [-0.39, 0.29) is 42.7 Å². The molecular formula is C39H37F4IrN3O7+3. The fraction of sp³-hybridized carbons (Fsp3) is 0.205. The number of nitrogens with zero attached hydrogens (tertiary/aromatic N) is 3. The van der Waals surface area contributed by atoms with Crippen LogP contribution in [0.4, 0.5) is 17.6 Å². The van der Waals surface area contributed by atoms with Crippen LogP contribution in [0.1, 0.15) is 36.2 Å². The van der Waals surface area contributed by atoms with E-state index in [4.69, 9.17) is 24.1 Å². The van der Waals surface area contributed by atoms with Gasteiger partial charge in [-0.2, -0.15) is 0 Å². The van der Waals surface area contributed by atoms with E-state index in [9.17, 15) is 27.2 Å². The fourth-order valence-corrected chi connectivity index (χ4v) is 4.40. The normalized spacial score (nSPS) is 9.89. The van der Waals surface area contributed by atoms with Crippen LogP contribution < -0.4 is 14.2 Å². The number of methoxy groups -OCH3 is 2. The van der Waals surface area contributed by atoms with Crippen LogP contribution in [0.3, 0.4) is 0 Å². The molecule has 0 fully saturated rings. The molecule has 0 aliphatic heterocycles. The van der Waals surface area contributed by atoms with Crippen LogP contribution in [0.2, 0.25) is 0 Å². The van der Waals surface area contributed by atoms with Crippen molar-refractivity contribution in [2.75, 3.05) is 27.4 Å². The van der Waals surface area contributed by atoms with Gasteiger partial charge in [0.1, 0.15) is 34.8 Å². The number of carbonyl (C=O) groups excluding carboxylic acids is 1. The zero-order valence-corrected chi connectivity index (χ0v) is 31.7. The second kappa shape index (κ2) is 23.8. The minimum Gasteiger partial charge on any atom is -0.497 e. The van der Waals surface area contributed by atoms with Gasteiger partial charge in [0.25, 0.3) is 0 Å². The summed E-state index contributed by atoms with van der Waals surface area (Å²) in [7, 11) is 3.03. The van der Waals surface area contributed by atoms with E-state index >= 15 is 0 Å².